The van der Waals surface area contributed by atoms with Crippen molar-refractivity contribution < 1.29 is 14.0 Å². The van der Waals surface area contributed by atoms with Crippen molar-refractivity contribution in [3.63, 3.8) is 0 Å². The molecule has 1 aliphatic heterocycles. The molecule has 0 saturated heterocycles. The quantitative estimate of drug-likeness (QED) is 0.210. The fourth-order valence-electron chi connectivity index (χ4n) is 7.77. The Bertz CT molecular complexity index is 1960. The van der Waals surface area contributed by atoms with Crippen molar-refractivity contribution in [1.82, 2.24) is 0 Å². The molecule has 0 amide bonds. The molecule has 5 aromatic carbocycles. The largest absolute Gasteiger partial charge is 0.533 e. The molecule has 8 rings (SSSR count). The summed E-state index contributed by atoms with van der Waals surface area (Å²) in [6.07, 6.45) is 0.525. The van der Waals surface area contributed by atoms with Crippen molar-refractivity contribution in [2.45, 2.75) is 19.3 Å². The van der Waals surface area contributed by atoms with Crippen LogP contribution in [0.2, 0.25) is 5.02 Å². The van der Waals surface area contributed by atoms with E-state index in [1.807, 2.05) is 48.5 Å². The molecule has 0 bridgehead atoms. The molecule has 0 unspecified atom stereocenters. The van der Waals surface area contributed by atoms with Crippen LogP contribution in [-0.2, 0) is 4.43 Å². The third kappa shape index (κ3) is 3.94. The van der Waals surface area contributed by atoms with Gasteiger partial charge in [0.1, 0.15) is 0 Å². The van der Waals surface area contributed by atoms with Crippen LogP contribution in [0.15, 0.2) is 133 Å². The number of fused-ring (bicyclic) bond motifs is 5. The maximum Gasteiger partial charge on any atom is 0.347 e. The van der Waals surface area contributed by atoms with E-state index in [4.69, 9.17) is 16.0 Å². The van der Waals surface area contributed by atoms with E-state index >= 15 is 0 Å². The zero-order chi connectivity index (χ0) is 30.0. The van der Waals surface area contributed by atoms with E-state index in [9.17, 15) is 9.59 Å². The number of Topliss-reactive ketones (excluding diaryl/α,β-unsaturated/α-hetero) is 2. The van der Waals surface area contributed by atoms with Gasteiger partial charge in [0.15, 0.2) is 11.6 Å². The number of hydrogen-bond donors (Lipinski definition) is 0. The first kappa shape index (κ1) is 27.1. The number of aryl methyl sites for hydroxylation is 1. The highest BCUT2D eigenvalue weighted by molar-refractivity contribution is 7.08. The number of benzene rings is 5. The van der Waals surface area contributed by atoms with E-state index in [2.05, 4.69) is 73.7 Å². The van der Waals surface area contributed by atoms with Crippen LogP contribution in [0.5, 0.6) is 0 Å². The highest BCUT2D eigenvalue weighted by Gasteiger charge is 2.57. The zero-order valence-electron chi connectivity index (χ0n) is 24.2. The standard InChI is InChI=1S/C39H29ClO3Si/c1-24-11-10-12-25(21-24)32-23-33-35(37-36(32)38(41)29-17-8-9-18-30(29)39(37)42)31-20-19-26(40)22-34(31)44(43-33,27-13-4-2-5-14-27)28-15-6-3-7-16-28/h2-22,32,36-37H,23H2,1H3/t32-,36+,37-/m1/s1. The van der Waals surface area contributed by atoms with Gasteiger partial charge >= 0.3 is 8.32 Å². The molecular weight excluding hydrogens is 580 g/mol. The van der Waals surface area contributed by atoms with E-state index in [1.54, 1.807) is 12.1 Å². The minimum Gasteiger partial charge on any atom is -0.533 e. The SMILES string of the molecule is Cc1cccc([C@H]2CC3=C(c4ccc(Cl)cc4[Si](c4ccccc4)(c4ccccc4)O3)[C@H]3C(=O)c4ccccc4C(=O)[C@H]32)c1. The van der Waals surface area contributed by atoms with E-state index in [0.717, 1.165) is 43.6 Å². The molecule has 214 valence electrons. The maximum absolute atomic E-state index is 14.6. The number of carbonyl (C=O) groups excluding carboxylic acids is 2. The van der Waals surface area contributed by atoms with Crippen molar-refractivity contribution in [1.29, 1.82) is 0 Å². The number of halogens is 1. The number of carbonyl (C=O) groups is 2. The Hall–Kier alpha value is -4.51. The predicted octanol–water partition coefficient (Wildman–Crippen LogP) is 6.86. The normalized spacial score (nSPS) is 21.5. The van der Waals surface area contributed by atoms with Crippen LogP contribution in [0.4, 0.5) is 0 Å². The number of allylic oxidation sites excluding steroid dienone is 2. The lowest BCUT2D eigenvalue weighted by Crippen LogP contribution is -2.71. The second-order valence-corrected chi connectivity index (χ2v) is 15.7. The molecule has 3 aliphatic rings. The summed E-state index contributed by atoms with van der Waals surface area (Å²) in [5, 5.41) is 3.83. The molecule has 5 aromatic rings. The molecule has 1 heterocycles. The van der Waals surface area contributed by atoms with Crippen LogP contribution in [0.25, 0.3) is 5.57 Å². The first-order valence-corrected chi connectivity index (χ1v) is 17.3. The molecule has 0 saturated carbocycles. The van der Waals surface area contributed by atoms with Crippen molar-refractivity contribution >= 4 is 52.6 Å². The van der Waals surface area contributed by atoms with E-state index in [0.29, 0.717) is 22.6 Å². The predicted molar refractivity (Wildman–Crippen MR) is 178 cm³/mol. The fraction of sp³-hybridized carbons (Fsp3) is 0.128. The van der Waals surface area contributed by atoms with Gasteiger partial charge in [-0.2, -0.15) is 0 Å². The van der Waals surface area contributed by atoms with Crippen LogP contribution in [0.3, 0.4) is 0 Å². The van der Waals surface area contributed by atoms with Crippen molar-refractivity contribution in [2.75, 3.05) is 0 Å². The third-order valence-corrected chi connectivity index (χ3v) is 13.9. The number of ketones is 2. The van der Waals surface area contributed by atoms with Crippen LogP contribution >= 0.6 is 11.6 Å². The molecule has 0 fully saturated rings. The Morgan fingerprint density at radius 3 is 1.98 bits per heavy atom. The van der Waals surface area contributed by atoms with Gasteiger partial charge in [-0.1, -0.05) is 132 Å². The van der Waals surface area contributed by atoms with Gasteiger partial charge in [-0.25, -0.2) is 0 Å². The minimum absolute atomic E-state index is 0.0202. The second kappa shape index (κ2) is 10.3. The van der Waals surface area contributed by atoms with Gasteiger partial charge < -0.3 is 4.43 Å². The van der Waals surface area contributed by atoms with Gasteiger partial charge in [0, 0.05) is 40.0 Å². The van der Waals surface area contributed by atoms with Crippen LogP contribution in [0.1, 0.15) is 49.7 Å². The Morgan fingerprint density at radius 1 is 0.682 bits per heavy atom. The molecule has 0 N–H and O–H groups in total. The Balaban J connectivity index is 1.44. The van der Waals surface area contributed by atoms with Gasteiger partial charge in [0.25, 0.3) is 0 Å². The first-order chi connectivity index (χ1) is 21.5. The molecule has 2 aliphatic carbocycles. The molecule has 0 radical (unpaired) electrons. The molecule has 0 aromatic heterocycles. The summed E-state index contributed by atoms with van der Waals surface area (Å²) in [7, 11) is -3.14. The van der Waals surface area contributed by atoms with E-state index < -0.39 is 20.2 Å². The summed E-state index contributed by atoms with van der Waals surface area (Å²) in [5.41, 5.74) is 5.00. The summed E-state index contributed by atoms with van der Waals surface area (Å²) in [4.78, 5) is 29.1. The second-order valence-electron chi connectivity index (χ2n) is 12.0. The average molecular weight is 609 g/mol. The summed E-state index contributed by atoms with van der Waals surface area (Å²) in [6.45, 7) is 2.07. The van der Waals surface area contributed by atoms with E-state index in [-0.39, 0.29) is 17.5 Å². The number of hydrogen-bond acceptors (Lipinski definition) is 3. The zero-order valence-corrected chi connectivity index (χ0v) is 25.9. The van der Waals surface area contributed by atoms with Crippen LogP contribution < -0.4 is 15.6 Å². The molecule has 5 heteroatoms. The van der Waals surface area contributed by atoms with Crippen molar-refractivity contribution in [3.05, 3.63) is 166 Å². The summed E-state index contributed by atoms with van der Waals surface area (Å²) < 4.78 is 7.53. The Labute approximate surface area is 262 Å². The van der Waals surface area contributed by atoms with Gasteiger partial charge in [-0.15, -0.1) is 0 Å². The first-order valence-electron chi connectivity index (χ1n) is 15.0. The van der Waals surface area contributed by atoms with Gasteiger partial charge in [-0.05, 0) is 45.7 Å². The van der Waals surface area contributed by atoms with Crippen molar-refractivity contribution in [3.8, 4) is 0 Å². The Morgan fingerprint density at radius 2 is 1.32 bits per heavy atom. The highest BCUT2D eigenvalue weighted by atomic mass is 35.5. The molecule has 3 nitrogen and oxygen atoms in total. The molecule has 3 atom stereocenters. The van der Waals surface area contributed by atoms with E-state index in [1.165, 1.54) is 0 Å². The average Bonchev–Trinajstić information content (AvgIpc) is 3.06. The molecule has 0 spiro atoms. The maximum atomic E-state index is 14.6. The van der Waals surface area contributed by atoms with Gasteiger partial charge in [-0.3, -0.25) is 9.59 Å². The number of rotatable bonds is 3. The lowest BCUT2D eigenvalue weighted by molar-refractivity contribution is 0.0732. The summed E-state index contributed by atoms with van der Waals surface area (Å²) in [5.74, 6) is -0.590. The Kier molecular flexibility index (Phi) is 6.33. The lowest BCUT2D eigenvalue weighted by atomic mass is 9.59. The summed E-state index contributed by atoms with van der Waals surface area (Å²) >= 11 is 6.76. The van der Waals surface area contributed by atoms with Crippen LogP contribution in [-0.4, -0.2) is 19.9 Å². The summed E-state index contributed by atoms with van der Waals surface area (Å²) in [6, 6.07) is 42.4. The minimum atomic E-state index is -3.14. The van der Waals surface area contributed by atoms with Gasteiger partial charge in [0.2, 0.25) is 0 Å². The molecular formula is C39H29ClO3Si. The van der Waals surface area contributed by atoms with Crippen LogP contribution in [0, 0.1) is 18.8 Å². The monoisotopic (exact) mass is 608 g/mol. The smallest absolute Gasteiger partial charge is 0.347 e. The van der Waals surface area contributed by atoms with Gasteiger partial charge in [0.05, 0.1) is 11.7 Å². The van der Waals surface area contributed by atoms with Crippen molar-refractivity contribution in [2.24, 2.45) is 11.8 Å². The lowest BCUT2D eigenvalue weighted by Gasteiger charge is -2.48. The highest BCUT2D eigenvalue weighted by Crippen LogP contribution is 2.54. The third-order valence-electron chi connectivity index (χ3n) is 9.61. The topological polar surface area (TPSA) is 43.4 Å². The molecule has 44 heavy (non-hydrogen) atoms. The fourth-order valence-corrected chi connectivity index (χ4v) is 12.2.